The van der Waals surface area contributed by atoms with Crippen LogP contribution in [0.4, 0.5) is 13.2 Å². The topological polar surface area (TPSA) is 95.2 Å². The van der Waals surface area contributed by atoms with Crippen LogP contribution in [0.3, 0.4) is 0 Å². The summed E-state index contributed by atoms with van der Waals surface area (Å²) in [5, 5.41) is 12.0. The number of benzene rings is 2. The molecule has 0 atom stereocenters. The molecule has 0 saturated carbocycles. The molecule has 0 bridgehead atoms. The van der Waals surface area contributed by atoms with Gasteiger partial charge in [-0.2, -0.15) is 18.4 Å². The predicted molar refractivity (Wildman–Crippen MR) is 161 cm³/mol. The first kappa shape index (κ1) is 35.3. The van der Waals surface area contributed by atoms with Gasteiger partial charge in [0.2, 0.25) is 5.43 Å². The molecule has 1 fully saturated rings. The van der Waals surface area contributed by atoms with Gasteiger partial charge in [0.15, 0.2) is 6.54 Å². The second-order valence-electron chi connectivity index (χ2n) is 12.3. The molecule has 45 heavy (non-hydrogen) atoms. The summed E-state index contributed by atoms with van der Waals surface area (Å²) in [6.07, 6.45) is -1.76. The number of carbonyl (C=O) groups excluding carboxylic acids is 2. The molecule has 240 valence electrons. The largest absolute Gasteiger partial charge is 1.00 e. The molecular weight excluding hydrogens is 607 g/mol. The molecular formula is C33H37ClF3N5O3. The summed E-state index contributed by atoms with van der Waals surface area (Å²) in [7, 11) is 5.88. The summed E-state index contributed by atoms with van der Waals surface area (Å²) in [6, 6.07) is 13.4. The number of pyridine rings is 1. The van der Waals surface area contributed by atoms with Crippen molar-refractivity contribution in [1.82, 2.24) is 14.8 Å². The molecule has 2 heterocycles. The number of hydrogen-bond acceptors (Lipinski definition) is 4. The maximum atomic E-state index is 13.7. The molecule has 1 aliphatic heterocycles. The van der Waals surface area contributed by atoms with Gasteiger partial charge in [-0.3, -0.25) is 14.4 Å². The Kier molecular flexibility index (Phi) is 11.2. The summed E-state index contributed by atoms with van der Waals surface area (Å²) < 4.78 is 42.8. The Morgan fingerprint density at radius 1 is 1.07 bits per heavy atom. The van der Waals surface area contributed by atoms with Crippen LogP contribution in [0, 0.1) is 24.2 Å². The van der Waals surface area contributed by atoms with Crippen molar-refractivity contribution in [3.63, 3.8) is 0 Å². The maximum Gasteiger partial charge on any atom is 0.416 e. The number of nitrogens with one attached hydrogen (secondary N) is 1. The predicted octanol–water partition coefficient (Wildman–Crippen LogP) is 1.44. The summed E-state index contributed by atoms with van der Waals surface area (Å²) >= 11 is 0. The number of halogens is 4. The highest BCUT2D eigenvalue weighted by Gasteiger charge is 2.31. The molecule has 0 spiro atoms. The number of piperidine rings is 1. The maximum absolute atomic E-state index is 13.7. The lowest BCUT2D eigenvalue weighted by Gasteiger charge is -2.34. The fourth-order valence-electron chi connectivity index (χ4n) is 5.38. The summed E-state index contributed by atoms with van der Waals surface area (Å²) in [5.41, 5.74) is 0.0123. The number of likely N-dealkylation sites (tertiary alicyclic amines) is 1. The van der Waals surface area contributed by atoms with Gasteiger partial charge in [-0.15, -0.1) is 0 Å². The summed E-state index contributed by atoms with van der Waals surface area (Å²) in [6.45, 7) is 3.73. The molecule has 2 aromatic carbocycles. The number of rotatable bonds is 8. The third kappa shape index (κ3) is 8.96. The SMILES string of the molecule is Cc1c(-c2cccc(C(F)(F)F)c2)c(=O)c(C(=O)NCC2CCN(C(=O)C[N+](C)(C)C)CC2)cn1Cc1ccc(C#N)cc1.[Cl-]. The van der Waals surface area contributed by atoms with Crippen molar-refractivity contribution in [3.8, 4) is 17.2 Å². The van der Waals surface area contributed by atoms with Crippen molar-refractivity contribution >= 4 is 11.8 Å². The lowest BCUT2D eigenvalue weighted by Crippen LogP contribution is -3.00. The number of carbonyl (C=O) groups is 2. The molecule has 0 unspecified atom stereocenters. The number of alkyl halides is 3. The van der Waals surface area contributed by atoms with E-state index < -0.39 is 23.1 Å². The molecule has 1 saturated heterocycles. The molecule has 12 heteroatoms. The van der Waals surface area contributed by atoms with Crippen molar-refractivity contribution in [2.45, 2.75) is 32.5 Å². The van der Waals surface area contributed by atoms with Gasteiger partial charge in [-0.1, -0.05) is 24.3 Å². The number of nitrogens with zero attached hydrogens (tertiary/aromatic N) is 4. The number of likely N-dealkylation sites (N-methyl/N-ethyl adjacent to an activating group) is 1. The Bertz CT molecular complexity index is 1630. The zero-order chi connectivity index (χ0) is 32.2. The van der Waals surface area contributed by atoms with Gasteiger partial charge in [0, 0.05) is 43.6 Å². The van der Waals surface area contributed by atoms with Crippen LogP contribution < -0.4 is 23.2 Å². The summed E-state index contributed by atoms with van der Waals surface area (Å²) in [4.78, 5) is 41.6. The Balaban J connectivity index is 0.00000552. The molecule has 0 radical (unpaired) electrons. The van der Waals surface area contributed by atoms with E-state index in [0.717, 1.165) is 17.7 Å². The quantitative estimate of drug-likeness (QED) is 0.376. The molecule has 2 amide bonds. The van der Waals surface area contributed by atoms with Gasteiger partial charge in [0.05, 0.1) is 38.3 Å². The van der Waals surface area contributed by atoms with E-state index in [4.69, 9.17) is 5.26 Å². The minimum absolute atomic E-state index is 0. The van der Waals surface area contributed by atoms with Crippen LogP contribution in [0.2, 0.25) is 0 Å². The van der Waals surface area contributed by atoms with Crippen molar-refractivity contribution in [3.05, 3.63) is 92.9 Å². The van der Waals surface area contributed by atoms with E-state index in [0.29, 0.717) is 54.8 Å². The normalized spacial score (nSPS) is 14.0. The van der Waals surface area contributed by atoms with Crippen LogP contribution in [0.5, 0.6) is 0 Å². The molecule has 0 aliphatic carbocycles. The Hall–Kier alpha value is -4.14. The zero-order valence-electron chi connectivity index (χ0n) is 25.7. The van der Waals surface area contributed by atoms with Crippen LogP contribution >= 0.6 is 0 Å². The molecule has 1 aliphatic rings. The van der Waals surface area contributed by atoms with Crippen molar-refractivity contribution in [1.29, 1.82) is 5.26 Å². The van der Waals surface area contributed by atoms with Crippen LogP contribution in [-0.2, 0) is 17.5 Å². The first-order valence-corrected chi connectivity index (χ1v) is 14.4. The van der Waals surface area contributed by atoms with E-state index >= 15 is 0 Å². The highest BCUT2D eigenvalue weighted by Crippen LogP contribution is 2.32. The van der Waals surface area contributed by atoms with Gasteiger partial charge in [-0.25, -0.2) is 0 Å². The smallest absolute Gasteiger partial charge is 0.416 e. The number of aromatic nitrogens is 1. The minimum Gasteiger partial charge on any atom is -1.00 e. The highest BCUT2D eigenvalue weighted by atomic mass is 35.5. The Morgan fingerprint density at radius 2 is 1.71 bits per heavy atom. The van der Waals surface area contributed by atoms with E-state index in [1.165, 1.54) is 18.3 Å². The second-order valence-corrected chi connectivity index (χ2v) is 12.3. The van der Waals surface area contributed by atoms with E-state index in [1.807, 2.05) is 26.0 Å². The minimum atomic E-state index is -4.60. The van der Waals surface area contributed by atoms with Crippen LogP contribution in [-0.4, -0.2) is 73.1 Å². The monoisotopic (exact) mass is 643 g/mol. The average molecular weight is 644 g/mol. The zero-order valence-corrected chi connectivity index (χ0v) is 26.5. The van der Waals surface area contributed by atoms with Gasteiger partial charge in [0.25, 0.3) is 11.8 Å². The van der Waals surface area contributed by atoms with Gasteiger partial charge in [-0.05, 0) is 61.1 Å². The summed E-state index contributed by atoms with van der Waals surface area (Å²) in [5.74, 6) is -0.411. The molecule has 1 N–H and O–H groups in total. The molecule has 8 nitrogen and oxygen atoms in total. The van der Waals surface area contributed by atoms with E-state index in [2.05, 4.69) is 11.4 Å². The van der Waals surface area contributed by atoms with Crippen LogP contribution in [0.15, 0.2) is 59.5 Å². The van der Waals surface area contributed by atoms with E-state index in [1.54, 1.807) is 35.8 Å². The van der Waals surface area contributed by atoms with Crippen LogP contribution in [0.1, 0.15) is 45.6 Å². The van der Waals surface area contributed by atoms with Gasteiger partial charge in [0.1, 0.15) is 5.56 Å². The Labute approximate surface area is 267 Å². The fraction of sp³-hybridized carbons (Fsp3) is 0.394. The highest BCUT2D eigenvalue weighted by molar-refractivity contribution is 5.95. The van der Waals surface area contributed by atoms with Crippen LogP contribution in [0.25, 0.3) is 11.1 Å². The Morgan fingerprint density at radius 3 is 2.29 bits per heavy atom. The van der Waals surface area contributed by atoms with Crippen molar-refractivity contribution in [2.75, 3.05) is 47.3 Å². The number of nitriles is 1. The van der Waals surface area contributed by atoms with Crippen molar-refractivity contribution < 1.29 is 39.7 Å². The third-order valence-electron chi connectivity index (χ3n) is 7.84. The molecule has 4 rings (SSSR count). The number of amides is 2. The van der Waals surface area contributed by atoms with Gasteiger partial charge >= 0.3 is 6.18 Å². The lowest BCUT2D eigenvalue weighted by molar-refractivity contribution is -0.862. The fourth-order valence-corrected chi connectivity index (χ4v) is 5.38. The van der Waals surface area contributed by atoms with Crippen molar-refractivity contribution in [2.24, 2.45) is 5.92 Å². The second kappa shape index (κ2) is 14.3. The first-order chi connectivity index (χ1) is 20.7. The number of hydrogen-bond donors (Lipinski definition) is 1. The number of quaternary nitrogens is 1. The average Bonchev–Trinajstić information content (AvgIpc) is 2.97. The standard InChI is InChI=1S/C33H36F3N5O3.ClH/c1-22-30(26-6-5-7-27(16-26)33(34,35)36)31(43)28(20-40(22)19-25-10-8-23(17-37)9-11-25)32(44)38-18-24-12-14-39(15-13-24)29(42)21-41(2,3)4;/h5-11,16,20,24H,12-15,18-19,21H2,1-4H3;1H. The molecule has 3 aromatic rings. The molecule has 1 aromatic heterocycles. The van der Waals surface area contributed by atoms with Gasteiger partial charge < -0.3 is 31.7 Å². The van der Waals surface area contributed by atoms with E-state index in [-0.39, 0.29) is 47.5 Å². The first-order valence-electron chi connectivity index (χ1n) is 14.4. The van der Waals surface area contributed by atoms with E-state index in [9.17, 15) is 27.6 Å². The lowest BCUT2D eigenvalue weighted by atomic mass is 9.96. The third-order valence-corrected chi connectivity index (χ3v) is 7.84.